The number of anilines is 2. The van der Waals surface area contributed by atoms with Gasteiger partial charge in [0.2, 0.25) is 0 Å². The van der Waals surface area contributed by atoms with Crippen LogP contribution in [-0.4, -0.2) is 24.9 Å². The minimum atomic E-state index is 0.00865. The average Bonchev–Trinajstić information content (AvgIpc) is 3.93. The minimum absolute atomic E-state index is 0.00865. The van der Waals surface area contributed by atoms with Crippen LogP contribution in [-0.2, 0) is 9.59 Å². The molecule has 2 aromatic carbocycles. The third-order valence-electron chi connectivity index (χ3n) is 13.0. The molecule has 1 atom stereocenters. The van der Waals surface area contributed by atoms with Gasteiger partial charge in [0.05, 0.1) is 32.3 Å². The lowest BCUT2D eigenvalue weighted by atomic mass is 9.93. The molecule has 4 aromatic rings. The molecular formula is C52H72Br2N2O2S2. The Balaban J connectivity index is 1.27. The number of thiophene rings is 2. The first-order chi connectivity index (χ1) is 29.4. The van der Waals surface area contributed by atoms with Crippen molar-refractivity contribution in [2.24, 2.45) is 5.92 Å². The molecule has 0 radical (unpaired) electrons. The van der Waals surface area contributed by atoms with E-state index in [4.69, 9.17) is 0 Å². The number of fused-ring (bicyclic) bond motifs is 6. The lowest BCUT2D eigenvalue weighted by Crippen LogP contribution is -2.33. The Morgan fingerprint density at radius 3 is 1.28 bits per heavy atom. The summed E-state index contributed by atoms with van der Waals surface area (Å²) in [5.74, 6) is 0.472. The van der Waals surface area contributed by atoms with Crippen LogP contribution in [0.15, 0.2) is 45.3 Å². The number of carbonyl (C=O) groups excluding carboxylic acids is 2. The monoisotopic (exact) mass is 978 g/mol. The zero-order valence-electron chi connectivity index (χ0n) is 37.1. The molecule has 0 saturated carbocycles. The molecule has 0 saturated heterocycles. The molecule has 0 bridgehead atoms. The molecule has 0 spiro atoms. The molecule has 2 aliphatic rings. The van der Waals surface area contributed by atoms with Crippen molar-refractivity contribution < 1.29 is 9.59 Å². The quantitative estimate of drug-likeness (QED) is 0.0402. The van der Waals surface area contributed by atoms with E-state index in [1.807, 2.05) is 4.90 Å². The number of carbonyl (C=O) groups is 2. The Morgan fingerprint density at radius 1 is 0.483 bits per heavy atom. The van der Waals surface area contributed by atoms with Gasteiger partial charge < -0.3 is 9.80 Å². The molecular weight excluding hydrogens is 909 g/mol. The molecule has 60 heavy (non-hydrogen) atoms. The zero-order valence-corrected chi connectivity index (χ0v) is 41.9. The van der Waals surface area contributed by atoms with Gasteiger partial charge in [0.1, 0.15) is 0 Å². The van der Waals surface area contributed by atoms with E-state index in [0.717, 1.165) is 82.5 Å². The number of nitrogens with zero attached hydrogens (tertiary/aromatic N) is 2. The Morgan fingerprint density at radius 2 is 0.850 bits per heavy atom. The van der Waals surface area contributed by atoms with Gasteiger partial charge >= 0.3 is 0 Å². The van der Waals surface area contributed by atoms with Gasteiger partial charge in [-0.05, 0) is 49.4 Å². The van der Waals surface area contributed by atoms with E-state index in [1.165, 1.54) is 141 Å². The van der Waals surface area contributed by atoms with Crippen molar-refractivity contribution in [2.75, 3.05) is 22.9 Å². The Labute approximate surface area is 387 Å². The maximum absolute atomic E-state index is 15.3. The van der Waals surface area contributed by atoms with Crippen LogP contribution >= 0.6 is 54.5 Å². The van der Waals surface area contributed by atoms with E-state index in [0.29, 0.717) is 23.6 Å². The normalized spacial score (nSPS) is 15.7. The van der Waals surface area contributed by atoms with E-state index < -0.39 is 0 Å². The predicted octanol–water partition coefficient (Wildman–Crippen LogP) is 18.1. The highest BCUT2D eigenvalue weighted by atomic mass is 79.9. The topological polar surface area (TPSA) is 40.6 Å². The molecule has 0 N–H and O–H groups in total. The molecule has 0 fully saturated rings. The largest absolute Gasteiger partial charge is 0.306 e. The highest BCUT2D eigenvalue weighted by molar-refractivity contribution is 9.10. The Hall–Kier alpha value is -2.00. The lowest BCUT2D eigenvalue weighted by Gasteiger charge is -2.25. The standard InChI is InChI=1S/C52H72Br2N2O2S2/c1-4-7-10-13-16-18-19-21-24-27-34-55-47-41-32-30-39(53)35-43(41)59-49(47)45(51(55)57)46-50-48(42-33-31-40(54)36-44(42)60-50)56(52(46)58)37-38(28-25-22-15-12-9-6-3)29-26-23-20-17-14-11-8-5-2/h30-33,35-36,38H,4-29,34,37H2,1-3H3/b46-45+. The number of rotatable bonds is 29. The van der Waals surface area contributed by atoms with Gasteiger partial charge in [0, 0.05) is 42.2 Å². The van der Waals surface area contributed by atoms with Crippen LogP contribution in [0.4, 0.5) is 11.4 Å². The van der Waals surface area contributed by atoms with Crippen molar-refractivity contribution in [2.45, 2.75) is 188 Å². The van der Waals surface area contributed by atoms with Crippen molar-refractivity contribution in [3.05, 3.63) is 55.1 Å². The van der Waals surface area contributed by atoms with Gasteiger partial charge in [0.15, 0.2) is 0 Å². The number of hydrogen-bond donors (Lipinski definition) is 0. The fourth-order valence-corrected chi connectivity index (χ4v) is 13.2. The van der Waals surface area contributed by atoms with Crippen LogP contribution in [0.5, 0.6) is 0 Å². The summed E-state index contributed by atoms with van der Waals surface area (Å²) in [6.45, 7) is 8.25. The second kappa shape index (κ2) is 24.7. The van der Waals surface area contributed by atoms with Gasteiger partial charge in [-0.1, -0.05) is 212 Å². The molecule has 6 rings (SSSR count). The van der Waals surface area contributed by atoms with E-state index in [-0.39, 0.29) is 11.8 Å². The van der Waals surface area contributed by atoms with E-state index in [1.54, 1.807) is 22.7 Å². The molecule has 2 amide bonds. The number of amides is 2. The van der Waals surface area contributed by atoms with Crippen LogP contribution in [0.25, 0.3) is 31.3 Å². The molecule has 328 valence electrons. The maximum atomic E-state index is 15.3. The van der Waals surface area contributed by atoms with Crippen molar-refractivity contribution in [3.8, 4) is 0 Å². The molecule has 8 heteroatoms. The third-order valence-corrected chi connectivity index (χ3v) is 16.3. The first kappa shape index (κ1) is 47.5. The summed E-state index contributed by atoms with van der Waals surface area (Å²) < 4.78 is 4.38. The first-order valence-electron chi connectivity index (χ1n) is 24.2. The Kier molecular flexibility index (Phi) is 19.6. The number of unbranched alkanes of at least 4 members (excludes halogenated alkanes) is 21. The van der Waals surface area contributed by atoms with Crippen molar-refractivity contribution in [1.29, 1.82) is 0 Å². The predicted molar refractivity (Wildman–Crippen MR) is 271 cm³/mol. The molecule has 1 unspecified atom stereocenters. The van der Waals surface area contributed by atoms with E-state index >= 15 is 4.79 Å². The van der Waals surface area contributed by atoms with Crippen LogP contribution in [0.2, 0.25) is 0 Å². The fraction of sp³-hybridized carbons (Fsp3) is 0.615. The second-order valence-corrected chi connectivity index (χ2v) is 21.8. The third kappa shape index (κ3) is 12.2. The van der Waals surface area contributed by atoms with Gasteiger partial charge in [-0.25, -0.2) is 0 Å². The summed E-state index contributed by atoms with van der Waals surface area (Å²) in [6, 6.07) is 12.9. The van der Waals surface area contributed by atoms with Crippen LogP contribution in [0.3, 0.4) is 0 Å². The highest BCUT2D eigenvalue weighted by Gasteiger charge is 2.45. The smallest absolute Gasteiger partial charge is 0.260 e. The van der Waals surface area contributed by atoms with Crippen LogP contribution in [0, 0.1) is 5.92 Å². The molecule has 4 heterocycles. The number of benzene rings is 2. The lowest BCUT2D eigenvalue weighted by molar-refractivity contribution is -0.114. The minimum Gasteiger partial charge on any atom is -0.306 e. The van der Waals surface area contributed by atoms with Crippen molar-refractivity contribution in [3.63, 3.8) is 0 Å². The van der Waals surface area contributed by atoms with Gasteiger partial charge in [0.25, 0.3) is 11.8 Å². The molecule has 2 aliphatic heterocycles. The summed E-state index contributed by atoms with van der Waals surface area (Å²) in [7, 11) is 0. The Bertz CT molecular complexity index is 2030. The summed E-state index contributed by atoms with van der Waals surface area (Å²) in [5.41, 5.74) is 3.31. The second-order valence-electron chi connectivity index (χ2n) is 17.8. The van der Waals surface area contributed by atoms with Crippen molar-refractivity contribution >= 4 is 109 Å². The first-order valence-corrected chi connectivity index (χ1v) is 27.4. The fourth-order valence-electron chi connectivity index (χ4n) is 9.61. The highest BCUT2D eigenvalue weighted by Crippen LogP contribution is 2.56. The van der Waals surface area contributed by atoms with Gasteiger partial charge in [-0.3, -0.25) is 9.59 Å². The molecule has 2 aromatic heterocycles. The SMILES string of the molecule is CCCCCCCCCCCCN1C(=O)/C(=C2/C(=O)N(CC(CCCCCCCC)CCCCCCCCCC)c3c2sc2cc(Br)ccc32)c2sc3cc(Br)ccc3c21. The van der Waals surface area contributed by atoms with Crippen LogP contribution in [0.1, 0.15) is 197 Å². The number of hydrogen-bond acceptors (Lipinski definition) is 4. The average molecular weight is 981 g/mol. The summed E-state index contributed by atoms with van der Waals surface area (Å²) >= 11 is 10.8. The van der Waals surface area contributed by atoms with E-state index in [2.05, 4.69) is 93.9 Å². The molecule has 4 nitrogen and oxygen atoms in total. The van der Waals surface area contributed by atoms with Crippen LogP contribution < -0.4 is 9.80 Å². The van der Waals surface area contributed by atoms with E-state index in [9.17, 15) is 4.79 Å². The van der Waals surface area contributed by atoms with Crippen molar-refractivity contribution in [1.82, 2.24) is 0 Å². The summed E-state index contributed by atoms with van der Waals surface area (Å²) in [5, 5.41) is 2.24. The summed E-state index contributed by atoms with van der Waals surface area (Å²) in [6.07, 6.45) is 33.1. The number of halogens is 2. The van der Waals surface area contributed by atoms with Gasteiger partial charge in [-0.2, -0.15) is 0 Å². The zero-order chi connectivity index (χ0) is 42.3. The van der Waals surface area contributed by atoms with Gasteiger partial charge in [-0.15, -0.1) is 22.7 Å². The summed E-state index contributed by atoms with van der Waals surface area (Å²) in [4.78, 5) is 36.4. The molecule has 0 aliphatic carbocycles. The maximum Gasteiger partial charge on any atom is 0.260 e.